The minimum atomic E-state index is -1.34. The molecule has 1 amide bonds. The first-order valence-corrected chi connectivity index (χ1v) is 22.8. The summed E-state index contributed by atoms with van der Waals surface area (Å²) in [6, 6.07) is 19.4. The molecule has 3 aliphatic carbocycles. The van der Waals surface area contributed by atoms with Crippen molar-refractivity contribution in [1.82, 2.24) is 4.90 Å². The molecule has 0 bridgehead atoms. The molecule has 12 heteroatoms. The molecule has 2 N–H and O–H groups in total. The average molecular weight is 839 g/mol. The molecule has 0 spiro atoms. The highest BCUT2D eigenvalue weighted by Gasteiger charge is 2.66. The molecule has 3 aromatic rings. The van der Waals surface area contributed by atoms with Gasteiger partial charge in [-0.1, -0.05) is 36.2 Å². The van der Waals surface area contributed by atoms with Crippen LogP contribution in [0.5, 0.6) is 28.7 Å². The number of nitrogens with zero attached hydrogens (tertiary/aromatic N) is 2. The predicted octanol–water partition coefficient (Wildman–Crippen LogP) is 9.02. The van der Waals surface area contributed by atoms with Crippen molar-refractivity contribution in [2.24, 2.45) is 28.8 Å². The first-order chi connectivity index (χ1) is 29.4. The van der Waals surface area contributed by atoms with E-state index in [9.17, 15) is 15.0 Å². The summed E-state index contributed by atoms with van der Waals surface area (Å²) in [5.74, 6) is 1.74. The number of thioether (sulfide) groups is 1. The van der Waals surface area contributed by atoms with Gasteiger partial charge in [-0.05, 0) is 129 Å². The highest BCUT2D eigenvalue weighted by atomic mass is 32.2. The smallest absolute Gasteiger partial charge is 0.239 e. The maximum Gasteiger partial charge on any atom is 0.239 e. The molecule has 60 heavy (non-hydrogen) atoms. The number of ether oxygens (including phenoxy) is 5. The number of fused-ring (bicyclic) bond motifs is 3. The molecule has 3 aromatic carbocycles. The largest absolute Gasteiger partial charge is 0.459 e. The zero-order valence-corrected chi connectivity index (χ0v) is 35.6. The number of aliphatic hydroxyl groups excluding tert-OH is 2. The van der Waals surface area contributed by atoms with Crippen molar-refractivity contribution in [3.8, 4) is 28.7 Å². The summed E-state index contributed by atoms with van der Waals surface area (Å²) in [4.78, 5) is 23.9. The molecule has 8 rings (SSSR count). The van der Waals surface area contributed by atoms with Gasteiger partial charge in [0, 0.05) is 48.5 Å². The quantitative estimate of drug-likeness (QED) is 0.0493. The van der Waals surface area contributed by atoms with Crippen molar-refractivity contribution < 1.29 is 43.5 Å². The van der Waals surface area contributed by atoms with Gasteiger partial charge in [0.15, 0.2) is 11.5 Å². The Labute approximate surface area is 357 Å². The second-order valence-corrected chi connectivity index (χ2v) is 17.3. The fourth-order valence-corrected chi connectivity index (χ4v) is 10.2. The Bertz CT molecular complexity index is 2050. The lowest BCUT2D eigenvalue weighted by atomic mass is 9.55. The molecule has 2 aliphatic heterocycles. The molecule has 2 saturated carbocycles. The predicted molar refractivity (Wildman–Crippen MR) is 231 cm³/mol. The van der Waals surface area contributed by atoms with Gasteiger partial charge in [0.05, 0.1) is 18.2 Å². The van der Waals surface area contributed by atoms with Crippen LogP contribution in [0.3, 0.4) is 0 Å². The van der Waals surface area contributed by atoms with Gasteiger partial charge in [-0.15, -0.1) is 18.3 Å². The number of hydrogen-bond donors (Lipinski definition) is 2. The third-order valence-corrected chi connectivity index (χ3v) is 13.4. The Morgan fingerprint density at radius 2 is 1.72 bits per heavy atom. The van der Waals surface area contributed by atoms with Crippen molar-refractivity contribution in [1.29, 1.82) is 0 Å². The lowest BCUT2D eigenvalue weighted by molar-refractivity contribution is -0.258. The van der Waals surface area contributed by atoms with Gasteiger partial charge in [-0.2, -0.15) is 0 Å². The van der Waals surface area contributed by atoms with Crippen molar-refractivity contribution in [2.45, 2.75) is 93.9 Å². The number of hydrogen-bond acceptors (Lipinski definition) is 11. The fraction of sp³-hybridized carbons (Fsp3) is 0.500. The van der Waals surface area contributed by atoms with E-state index in [1.165, 1.54) is 0 Å². The molecule has 5 aliphatic rings. The number of carbonyl (C=O) groups is 1. The highest BCUT2D eigenvalue weighted by molar-refractivity contribution is 7.98. The van der Waals surface area contributed by atoms with Gasteiger partial charge >= 0.3 is 0 Å². The molecule has 0 radical (unpaired) electrons. The molecule has 320 valence electrons. The van der Waals surface area contributed by atoms with Crippen LogP contribution in [0.25, 0.3) is 0 Å². The number of rotatable bonds is 20. The minimum Gasteiger partial charge on any atom is -0.459 e. The van der Waals surface area contributed by atoms with E-state index in [0.717, 1.165) is 71.6 Å². The number of unbranched alkanes of at least 4 members (excludes halogenated alkanes) is 2. The molecular formula is C48H58N2O9S. The number of carbonyl (C=O) groups excluding carboxylic acids is 1. The summed E-state index contributed by atoms with van der Waals surface area (Å²) in [6.45, 7) is 7.27. The fourth-order valence-electron chi connectivity index (χ4n) is 9.78. The van der Waals surface area contributed by atoms with Crippen molar-refractivity contribution >= 4 is 23.4 Å². The standard InChI is InChI=1S/C48H58N2O9S/c1-4-24-56-48-44(50(47(53)32-13-14-32)29-31-12-20-42-43(25-31)55-30-54-42)28-40(49-57-5-2)38-26-33(10-6-8-22-51)37(11-7-9-23-52)45(46(38)48)39-27-35(17-21-41(39)59-48)58-34-15-18-36(60-3)19-16-34/h4,12,15-21,25-27,32-33,37,44-46,51-52H,1,5-11,13-14,22-24,28-30H2,2-3H3/t33-,37+,44-,45+,46+,48+/m0/s1. The van der Waals surface area contributed by atoms with Crippen molar-refractivity contribution in [3.05, 3.63) is 96.1 Å². The molecule has 11 nitrogen and oxygen atoms in total. The van der Waals surface area contributed by atoms with E-state index < -0.39 is 17.7 Å². The van der Waals surface area contributed by atoms with Gasteiger partial charge in [0.1, 0.15) is 29.9 Å². The average Bonchev–Trinajstić information content (AvgIpc) is 4.02. The molecule has 0 aromatic heterocycles. The van der Waals surface area contributed by atoms with Crippen LogP contribution < -0.4 is 18.9 Å². The van der Waals surface area contributed by atoms with Crippen LogP contribution in [0.4, 0.5) is 0 Å². The first kappa shape index (κ1) is 42.2. The highest BCUT2D eigenvalue weighted by Crippen LogP contribution is 2.62. The SMILES string of the molecule is C=CCO[C@@]12Oc3ccc(Oc4ccc(SC)cc4)cc3[C@H]3[C@H](CCCCO)[C@@H](CCCCO)C=C(C(=NOCC)C[C@@H]1N(Cc1ccc4c(c1)OCO4)C(=O)C1CC1)[C@H]32. The minimum absolute atomic E-state index is 0.0572. The summed E-state index contributed by atoms with van der Waals surface area (Å²) in [5.41, 5.74) is 3.71. The van der Waals surface area contributed by atoms with Gasteiger partial charge in [0.25, 0.3) is 0 Å². The number of oxime groups is 1. The molecule has 0 unspecified atom stereocenters. The van der Waals surface area contributed by atoms with Crippen LogP contribution in [-0.4, -0.2) is 78.0 Å². The summed E-state index contributed by atoms with van der Waals surface area (Å²) in [7, 11) is 0. The van der Waals surface area contributed by atoms with Crippen LogP contribution in [0.15, 0.2) is 95.0 Å². The maximum absolute atomic E-state index is 14.8. The summed E-state index contributed by atoms with van der Waals surface area (Å²) < 4.78 is 32.6. The van der Waals surface area contributed by atoms with Crippen LogP contribution in [0, 0.1) is 23.7 Å². The molecule has 0 saturated heterocycles. The summed E-state index contributed by atoms with van der Waals surface area (Å²) >= 11 is 1.68. The topological polar surface area (TPSA) is 129 Å². The zero-order valence-electron chi connectivity index (χ0n) is 34.8. The van der Waals surface area contributed by atoms with Crippen LogP contribution in [-0.2, 0) is 20.9 Å². The lowest BCUT2D eigenvalue weighted by Gasteiger charge is -2.60. The Morgan fingerprint density at radius 3 is 2.45 bits per heavy atom. The second kappa shape index (κ2) is 19.1. The molecule has 6 atom stereocenters. The van der Waals surface area contributed by atoms with Crippen LogP contribution >= 0.6 is 11.8 Å². The van der Waals surface area contributed by atoms with Crippen molar-refractivity contribution in [3.63, 3.8) is 0 Å². The normalized spacial score (nSPS) is 25.4. The third kappa shape index (κ3) is 8.66. The number of amides is 1. The number of benzene rings is 3. The molecular weight excluding hydrogens is 781 g/mol. The number of allylic oxidation sites excluding steroid dienone is 1. The van der Waals surface area contributed by atoms with E-state index in [1.807, 2.05) is 54.3 Å². The molecule has 2 heterocycles. The number of aliphatic hydroxyl groups is 2. The van der Waals surface area contributed by atoms with Gasteiger partial charge < -0.3 is 43.6 Å². The Kier molecular flexibility index (Phi) is 13.4. The Morgan fingerprint density at radius 1 is 0.967 bits per heavy atom. The monoisotopic (exact) mass is 838 g/mol. The Hall–Kier alpha value is -4.49. The van der Waals surface area contributed by atoms with Gasteiger partial charge in [0.2, 0.25) is 18.5 Å². The third-order valence-electron chi connectivity index (χ3n) is 12.6. The molecule has 2 fully saturated rings. The van der Waals surface area contributed by atoms with E-state index in [4.69, 9.17) is 33.7 Å². The van der Waals surface area contributed by atoms with Crippen LogP contribution in [0.2, 0.25) is 0 Å². The van der Waals surface area contributed by atoms with Crippen molar-refractivity contribution in [2.75, 3.05) is 39.5 Å². The summed E-state index contributed by atoms with van der Waals surface area (Å²) in [6.07, 6.45) is 13.0. The summed E-state index contributed by atoms with van der Waals surface area (Å²) in [5, 5.41) is 24.7. The second-order valence-electron chi connectivity index (χ2n) is 16.4. The van der Waals surface area contributed by atoms with Gasteiger partial charge in [-0.3, -0.25) is 4.79 Å². The zero-order chi connectivity index (χ0) is 41.6. The van der Waals surface area contributed by atoms with E-state index in [-0.39, 0.29) is 56.2 Å². The van der Waals surface area contributed by atoms with Crippen LogP contribution in [0.1, 0.15) is 81.8 Å². The van der Waals surface area contributed by atoms with E-state index >= 15 is 0 Å². The van der Waals surface area contributed by atoms with E-state index in [0.29, 0.717) is 55.4 Å². The van der Waals surface area contributed by atoms with E-state index in [1.54, 1.807) is 17.8 Å². The van der Waals surface area contributed by atoms with E-state index in [2.05, 4.69) is 37.1 Å². The van der Waals surface area contributed by atoms with Gasteiger partial charge in [-0.25, -0.2) is 0 Å². The maximum atomic E-state index is 14.8. The first-order valence-electron chi connectivity index (χ1n) is 21.6. The Balaban J connectivity index is 1.31. The lowest BCUT2D eigenvalue weighted by Crippen LogP contribution is -2.70.